The topological polar surface area (TPSA) is 70.8 Å². The zero-order valence-electron chi connectivity index (χ0n) is 14.9. The molecule has 0 radical (unpaired) electrons. The van der Waals surface area contributed by atoms with Gasteiger partial charge in [-0.3, -0.25) is 0 Å². The largest absolute Gasteiger partial charge is 0.493 e. The normalized spacial score (nSPS) is 10.3. The lowest BCUT2D eigenvalue weighted by molar-refractivity contribution is 0.0464. The van der Waals surface area contributed by atoms with Crippen molar-refractivity contribution in [2.45, 2.75) is 6.61 Å². The van der Waals surface area contributed by atoms with Crippen LogP contribution in [0.4, 0.5) is 0 Å². The van der Waals surface area contributed by atoms with Crippen LogP contribution in [0.25, 0.3) is 11.3 Å². The van der Waals surface area contributed by atoms with Crippen molar-refractivity contribution in [3.63, 3.8) is 0 Å². The molecule has 27 heavy (non-hydrogen) atoms. The van der Waals surface area contributed by atoms with Gasteiger partial charge in [-0.15, -0.1) is 0 Å². The lowest BCUT2D eigenvalue weighted by Gasteiger charge is -2.10. The Morgan fingerprint density at radius 1 is 1.15 bits per heavy atom. The van der Waals surface area contributed by atoms with Crippen LogP contribution in [0.2, 0.25) is 0 Å². The predicted molar refractivity (Wildman–Crippen MR) is 99.7 cm³/mol. The van der Waals surface area contributed by atoms with E-state index in [1.54, 1.807) is 30.3 Å². The van der Waals surface area contributed by atoms with Gasteiger partial charge in [0.25, 0.3) is 0 Å². The van der Waals surface area contributed by atoms with Crippen molar-refractivity contribution in [1.29, 1.82) is 0 Å². The molecular formula is C21H19NO5. The maximum Gasteiger partial charge on any atom is 0.338 e. The second kappa shape index (κ2) is 8.71. The average Bonchev–Trinajstić information content (AvgIpc) is 3.20. The first-order valence-electron chi connectivity index (χ1n) is 8.31. The Morgan fingerprint density at radius 2 is 1.96 bits per heavy atom. The highest BCUT2D eigenvalue weighted by atomic mass is 16.5. The number of methoxy groups -OCH3 is 1. The van der Waals surface area contributed by atoms with Crippen molar-refractivity contribution < 1.29 is 23.5 Å². The highest BCUT2D eigenvalue weighted by Crippen LogP contribution is 2.28. The van der Waals surface area contributed by atoms with Gasteiger partial charge < -0.3 is 18.7 Å². The van der Waals surface area contributed by atoms with Gasteiger partial charge in [0.15, 0.2) is 17.3 Å². The second-order valence-corrected chi connectivity index (χ2v) is 5.59. The van der Waals surface area contributed by atoms with Gasteiger partial charge in [-0.05, 0) is 18.2 Å². The van der Waals surface area contributed by atoms with Gasteiger partial charge in [-0.2, -0.15) is 0 Å². The van der Waals surface area contributed by atoms with E-state index in [1.165, 1.54) is 7.11 Å². The van der Waals surface area contributed by atoms with Gasteiger partial charge in [0, 0.05) is 11.6 Å². The number of nitrogens with zero attached hydrogens (tertiary/aromatic N) is 1. The minimum absolute atomic E-state index is 0.00615. The van der Waals surface area contributed by atoms with Crippen LogP contribution in [-0.2, 0) is 11.3 Å². The minimum Gasteiger partial charge on any atom is -0.493 e. The van der Waals surface area contributed by atoms with E-state index in [1.807, 2.05) is 30.3 Å². The zero-order chi connectivity index (χ0) is 19.1. The third-order valence-corrected chi connectivity index (χ3v) is 3.72. The monoisotopic (exact) mass is 365 g/mol. The van der Waals surface area contributed by atoms with Crippen LogP contribution >= 0.6 is 0 Å². The molecule has 0 atom stereocenters. The fourth-order valence-corrected chi connectivity index (χ4v) is 2.40. The van der Waals surface area contributed by atoms with Crippen molar-refractivity contribution in [2.24, 2.45) is 0 Å². The van der Waals surface area contributed by atoms with Crippen LogP contribution in [0, 0.1) is 0 Å². The number of esters is 1. The molecular weight excluding hydrogens is 346 g/mol. The van der Waals surface area contributed by atoms with E-state index in [9.17, 15) is 4.79 Å². The molecule has 138 valence electrons. The lowest BCUT2D eigenvalue weighted by atomic mass is 10.2. The average molecular weight is 365 g/mol. The Labute approximate surface area is 157 Å². The second-order valence-electron chi connectivity index (χ2n) is 5.59. The Bertz CT molecular complexity index is 917. The van der Waals surface area contributed by atoms with Gasteiger partial charge in [-0.1, -0.05) is 48.1 Å². The number of hydrogen-bond donors (Lipinski definition) is 0. The molecule has 0 saturated heterocycles. The van der Waals surface area contributed by atoms with Gasteiger partial charge in [0.2, 0.25) is 0 Å². The van der Waals surface area contributed by atoms with E-state index in [-0.39, 0.29) is 6.61 Å². The van der Waals surface area contributed by atoms with Crippen molar-refractivity contribution >= 4 is 5.97 Å². The summed E-state index contributed by atoms with van der Waals surface area (Å²) in [6.07, 6.45) is 1.63. The molecule has 3 aromatic rings. The molecule has 0 aliphatic carbocycles. The number of carbonyl (C=O) groups is 1. The molecule has 0 unspecified atom stereocenters. The summed E-state index contributed by atoms with van der Waals surface area (Å²) in [5.41, 5.74) is 1.78. The van der Waals surface area contributed by atoms with Crippen molar-refractivity contribution in [2.75, 3.05) is 13.7 Å². The highest BCUT2D eigenvalue weighted by Gasteiger charge is 2.14. The molecule has 1 heterocycles. The SMILES string of the molecule is C=CCOc1ccc(C(=O)OCc2cc(-c3ccccc3)on2)cc1OC. The summed E-state index contributed by atoms with van der Waals surface area (Å²) in [5.74, 6) is 1.09. The van der Waals surface area contributed by atoms with E-state index < -0.39 is 5.97 Å². The molecule has 2 aromatic carbocycles. The Balaban J connectivity index is 1.64. The Morgan fingerprint density at radius 3 is 2.70 bits per heavy atom. The first-order chi connectivity index (χ1) is 13.2. The summed E-state index contributed by atoms with van der Waals surface area (Å²) in [6, 6.07) is 16.2. The first-order valence-corrected chi connectivity index (χ1v) is 8.31. The summed E-state index contributed by atoms with van der Waals surface area (Å²) in [4.78, 5) is 12.3. The summed E-state index contributed by atoms with van der Waals surface area (Å²) in [5, 5.41) is 3.93. The van der Waals surface area contributed by atoms with E-state index in [2.05, 4.69) is 11.7 Å². The smallest absolute Gasteiger partial charge is 0.338 e. The number of aromatic nitrogens is 1. The number of benzene rings is 2. The lowest BCUT2D eigenvalue weighted by Crippen LogP contribution is -2.06. The molecule has 1 aromatic heterocycles. The molecule has 0 amide bonds. The maximum absolute atomic E-state index is 12.3. The van der Waals surface area contributed by atoms with Gasteiger partial charge in [-0.25, -0.2) is 4.79 Å². The maximum atomic E-state index is 12.3. The van der Waals surface area contributed by atoms with Crippen molar-refractivity contribution in [3.8, 4) is 22.8 Å². The minimum atomic E-state index is -0.493. The van der Waals surface area contributed by atoms with E-state index in [0.29, 0.717) is 35.1 Å². The van der Waals surface area contributed by atoms with Gasteiger partial charge in [0.05, 0.1) is 12.7 Å². The zero-order valence-corrected chi connectivity index (χ0v) is 14.9. The van der Waals surface area contributed by atoms with Gasteiger partial charge in [0.1, 0.15) is 18.9 Å². The van der Waals surface area contributed by atoms with E-state index in [0.717, 1.165) is 5.56 Å². The van der Waals surface area contributed by atoms with Crippen molar-refractivity contribution in [1.82, 2.24) is 5.16 Å². The van der Waals surface area contributed by atoms with Crippen LogP contribution in [-0.4, -0.2) is 24.8 Å². The number of rotatable bonds is 8. The number of hydrogen-bond acceptors (Lipinski definition) is 6. The van der Waals surface area contributed by atoms with Crippen molar-refractivity contribution in [3.05, 3.63) is 78.5 Å². The molecule has 6 heteroatoms. The van der Waals surface area contributed by atoms with E-state index >= 15 is 0 Å². The quantitative estimate of drug-likeness (QED) is 0.438. The van der Waals surface area contributed by atoms with Gasteiger partial charge >= 0.3 is 5.97 Å². The molecule has 6 nitrogen and oxygen atoms in total. The molecule has 0 saturated carbocycles. The molecule has 0 spiro atoms. The molecule has 0 aliphatic heterocycles. The summed E-state index contributed by atoms with van der Waals surface area (Å²) in [7, 11) is 1.51. The first kappa shape index (κ1) is 18.3. The highest BCUT2D eigenvalue weighted by molar-refractivity contribution is 5.90. The molecule has 0 aliphatic rings. The fraction of sp³-hybridized carbons (Fsp3) is 0.143. The van der Waals surface area contributed by atoms with Crippen LogP contribution in [0.5, 0.6) is 11.5 Å². The predicted octanol–water partition coefficient (Wildman–Crippen LogP) is 4.27. The third kappa shape index (κ3) is 4.55. The standard InChI is InChI=1S/C21H19NO5/c1-3-11-25-18-10-9-16(12-20(18)24-2)21(23)26-14-17-13-19(27-22-17)15-7-5-4-6-8-15/h3-10,12-13H,1,11,14H2,2H3. The van der Waals surface area contributed by atoms with E-state index in [4.69, 9.17) is 18.7 Å². The Hall–Kier alpha value is -3.54. The molecule has 0 N–H and O–H groups in total. The molecule has 3 rings (SSSR count). The summed E-state index contributed by atoms with van der Waals surface area (Å²) in [6.45, 7) is 3.95. The third-order valence-electron chi connectivity index (χ3n) is 3.72. The van der Waals surface area contributed by atoms with Crippen LogP contribution in [0.3, 0.4) is 0 Å². The summed E-state index contributed by atoms with van der Waals surface area (Å²) < 4.78 is 21.3. The summed E-state index contributed by atoms with van der Waals surface area (Å²) >= 11 is 0. The van der Waals surface area contributed by atoms with Crippen LogP contribution < -0.4 is 9.47 Å². The number of carbonyl (C=O) groups excluding carboxylic acids is 1. The molecule has 0 bridgehead atoms. The number of ether oxygens (including phenoxy) is 3. The fourth-order valence-electron chi connectivity index (χ4n) is 2.40. The van der Waals surface area contributed by atoms with Crippen LogP contribution in [0.15, 0.2) is 71.8 Å². The molecule has 0 fully saturated rings. The Kier molecular flexibility index (Phi) is 5.89. The van der Waals surface area contributed by atoms with Crippen LogP contribution in [0.1, 0.15) is 16.1 Å².